The van der Waals surface area contributed by atoms with Crippen molar-refractivity contribution in [2.24, 2.45) is 0 Å². The second kappa shape index (κ2) is 6.03. The van der Waals surface area contributed by atoms with E-state index < -0.39 is 0 Å². The molecule has 0 aliphatic heterocycles. The van der Waals surface area contributed by atoms with E-state index in [1.807, 2.05) is 0 Å². The van der Waals surface area contributed by atoms with Crippen molar-refractivity contribution >= 4 is 0 Å². The molecule has 0 spiro atoms. The van der Waals surface area contributed by atoms with Crippen molar-refractivity contribution in [3.63, 3.8) is 0 Å². The van der Waals surface area contributed by atoms with Crippen LogP contribution in [0.25, 0.3) is 0 Å². The maximum Gasteiger partial charge on any atom is 0.0803 e. The Balaban J connectivity index is 2.01. The number of benzene rings is 2. The lowest BCUT2D eigenvalue weighted by Crippen LogP contribution is -2.02. The third-order valence-electron chi connectivity index (χ3n) is 3.48. The molecular formula is C18H22O. The van der Waals surface area contributed by atoms with Crippen LogP contribution >= 0.6 is 0 Å². The van der Waals surface area contributed by atoms with Gasteiger partial charge in [-0.1, -0.05) is 53.6 Å². The molecule has 19 heavy (non-hydrogen) atoms. The van der Waals surface area contributed by atoms with Gasteiger partial charge in [0.2, 0.25) is 0 Å². The third-order valence-corrected chi connectivity index (χ3v) is 3.48. The van der Waals surface area contributed by atoms with Crippen LogP contribution in [0.3, 0.4) is 0 Å². The molecule has 0 N–H and O–H groups in total. The summed E-state index contributed by atoms with van der Waals surface area (Å²) in [5.74, 6) is 0. The van der Waals surface area contributed by atoms with E-state index in [4.69, 9.17) is 4.74 Å². The van der Waals surface area contributed by atoms with Gasteiger partial charge in [0.15, 0.2) is 0 Å². The molecule has 0 aromatic heterocycles. The average Bonchev–Trinajstić information content (AvgIpc) is 2.37. The van der Waals surface area contributed by atoms with Gasteiger partial charge in [-0.15, -0.1) is 0 Å². The van der Waals surface area contributed by atoms with Gasteiger partial charge in [0, 0.05) is 0 Å². The lowest BCUT2D eigenvalue weighted by molar-refractivity contribution is 0.0521. The zero-order chi connectivity index (χ0) is 13.8. The zero-order valence-electron chi connectivity index (χ0n) is 12.2. The molecule has 0 aliphatic rings. The fourth-order valence-electron chi connectivity index (χ4n) is 2.28. The second-order valence-electron chi connectivity index (χ2n) is 5.30. The molecule has 1 heteroatoms. The summed E-state index contributed by atoms with van der Waals surface area (Å²) >= 11 is 0. The quantitative estimate of drug-likeness (QED) is 0.754. The van der Waals surface area contributed by atoms with Crippen LogP contribution in [0, 0.1) is 20.8 Å². The Labute approximate surface area is 116 Å². The van der Waals surface area contributed by atoms with Crippen LogP contribution in [0.5, 0.6) is 0 Å². The molecule has 2 rings (SSSR count). The minimum Gasteiger partial charge on any atom is -0.369 e. The maximum atomic E-state index is 5.97. The van der Waals surface area contributed by atoms with E-state index in [1.54, 1.807) is 0 Å². The standard InChI is InChI=1S/C18H22O/c1-13-5-8-17(9-6-13)12-19-16(4)18-10-7-14(2)11-15(18)3/h5-11,16H,12H2,1-4H3. The fourth-order valence-corrected chi connectivity index (χ4v) is 2.28. The number of hydrogen-bond donors (Lipinski definition) is 0. The van der Waals surface area contributed by atoms with E-state index in [2.05, 4.69) is 70.2 Å². The highest BCUT2D eigenvalue weighted by Gasteiger charge is 2.09. The summed E-state index contributed by atoms with van der Waals surface area (Å²) in [6, 6.07) is 15.0. The average molecular weight is 254 g/mol. The smallest absolute Gasteiger partial charge is 0.0803 e. The van der Waals surface area contributed by atoms with Gasteiger partial charge < -0.3 is 4.74 Å². The highest BCUT2D eigenvalue weighted by Crippen LogP contribution is 2.23. The molecule has 2 aromatic carbocycles. The molecule has 0 heterocycles. The summed E-state index contributed by atoms with van der Waals surface area (Å²) in [6.07, 6.45) is 0.127. The Morgan fingerprint density at radius 3 is 2.16 bits per heavy atom. The summed E-state index contributed by atoms with van der Waals surface area (Å²) in [5, 5.41) is 0. The predicted molar refractivity (Wildman–Crippen MR) is 80.3 cm³/mol. The largest absolute Gasteiger partial charge is 0.369 e. The van der Waals surface area contributed by atoms with E-state index in [0.717, 1.165) is 0 Å². The Morgan fingerprint density at radius 2 is 1.53 bits per heavy atom. The molecule has 100 valence electrons. The van der Waals surface area contributed by atoms with Crippen LogP contribution < -0.4 is 0 Å². The highest BCUT2D eigenvalue weighted by atomic mass is 16.5. The Kier molecular flexibility index (Phi) is 4.39. The minimum atomic E-state index is 0.127. The molecule has 0 saturated heterocycles. The molecule has 2 aromatic rings. The molecule has 0 bridgehead atoms. The highest BCUT2D eigenvalue weighted by molar-refractivity contribution is 5.31. The van der Waals surface area contributed by atoms with Gasteiger partial charge >= 0.3 is 0 Å². The summed E-state index contributed by atoms with van der Waals surface area (Å²) < 4.78 is 5.97. The summed E-state index contributed by atoms with van der Waals surface area (Å²) in [6.45, 7) is 9.15. The molecule has 0 amide bonds. The van der Waals surface area contributed by atoms with E-state index in [-0.39, 0.29) is 6.10 Å². The van der Waals surface area contributed by atoms with Crippen molar-refractivity contribution in [2.45, 2.75) is 40.4 Å². The molecule has 1 atom stereocenters. The SMILES string of the molecule is Cc1ccc(COC(C)c2ccc(C)cc2C)cc1. The first kappa shape index (κ1) is 13.8. The third kappa shape index (κ3) is 3.68. The van der Waals surface area contributed by atoms with Crippen molar-refractivity contribution in [1.29, 1.82) is 0 Å². The Hall–Kier alpha value is -1.60. The zero-order valence-corrected chi connectivity index (χ0v) is 12.2. The van der Waals surface area contributed by atoms with Gasteiger partial charge in [0.1, 0.15) is 0 Å². The second-order valence-corrected chi connectivity index (χ2v) is 5.30. The normalized spacial score (nSPS) is 12.4. The molecule has 1 unspecified atom stereocenters. The monoisotopic (exact) mass is 254 g/mol. The van der Waals surface area contributed by atoms with Crippen molar-refractivity contribution < 1.29 is 4.74 Å². The first-order valence-corrected chi connectivity index (χ1v) is 6.80. The maximum absolute atomic E-state index is 5.97. The molecule has 0 fully saturated rings. The lowest BCUT2D eigenvalue weighted by atomic mass is 10.0. The first-order chi connectivity index (χ1) is 9.06. The van der Waals surface area contributed by atoms with E-state index >= 15 is 0 Å². The van der Waals surface area contributed by atoms with Crippen LogP contribution in [0.2, 0.25) is 0 Å². The lowest BCUT2D eigenvalue weighted by Gasteiger charge is -2.16. The van der Waals surface area contributed by atoms with Crippen molar-refractivity contribution in [3.05, 3.63) is 70.3 Å². The van der Waals surface area contributed by atoms with Crippen LogP contribution in [0.4, 0.5) is 0 Å². The van der Waals surface area contributed by atoms with Gasteiger partial charge in [0.05, 0.1) is 12.7 Å². The topological polar surface area (TPSA) is 9.23 Å². The molecule has 0 aliphatic carbocycles. The van der Waals surface area contributed by atoms with Crippen LogP contribution in [-0.2, 0) is 11.3 Å². The fraction of sp³-hybridized carbons (Fsp3) is 0.333. The predicted octanol–water partition coefficient (Wildman–Crippen LogP) is 4.89. The minimum absolute atomic E-state index is 0.127. The van der Waals surface area contributed by atoms with E-state index in [1.165, 1.54) is 27.8 Å². The Bertz CT molecular complexity index is 540. The van der Waals surface area contributed by atoms with Crippen LogP contribution in [0.1, 0.15) is 40.8 Å². The number of rotatable bonds is 4. The summed E-state index contributed by atoms with van der Waals surface area (Å²) in [4.78, 5) is 0. The Morgan fingerprint density at radius 1 is 0.895 bits per heavy atom. The first-order valence-electron chi connectivity index (χ1n) is 6.80. The summed E-state index contributed by atoms with van der Waals surface area (Å²) in [7, 11) is 0. The molecule has 1 nitrogen and oxygen atoms in total. The molecule has 0 saturated carbocycles. The van der Waals surface area contributed by atoms with Crippen LogP contribution in [-0.4, -0.2) is 0 Å². The number of hydrogen-bond acceptors (Lipinski definition) is 1. The van der Waals surface area contributed by atoms with Crippen molar-refractivity contribution in [1.82, 2.24) is 0 Å². The summed E-state index contributed by atoms with van der Waals surface area (Å²) in [5.41, 5.74) is 6.38. The van der Waals surface area contributed by atoms with Gasteiger partial charge in [-0.2, -0.15) is 0 Å². The molecule has 0 radical (unpaired) electrons. The van der Waals surface area contributed by atoms with Crippen molar-refractivity contribution in [3.8, 4) is 0 Å². The van der Waals surface area contributed by atoms with Gasteiger partial charge in [-0.25, -0.2) is 0 Å². The number of aryl methyl sites for hydroxylation is 3. The van der Waals surface area contributed by atoms with Gasteiger partial charge in [-0.3, -0.25) is 0 Å². The van der Waals surface area contributed by atoms with Crippen molar-refractivity contribution in [2.75, 3.05) is 0 Å². The molecular weight excluding hydrogens is 232 g/mol. The van der Waals surface area contributed by atoms with E-state index in [9.17, 15) is 0 Å². The van der Waals surface area contributed by atoms with Crippen LogP contribution in [0.15, 0.2) is 42.5 Å². The van der Waals surface area contributed by atoms with E-state index in [0.29, 0.717) is 6.61 Å². The van der Waals surface area contributed by atoms with Gasteiger partial charge in [-0.05, 0) is 44.4 Å². The number of ether oxygens (including phenoxy) is 1. The van der Waals surface area contributed by atoms with Gasteiger partial charge in [0.25, 0.3) is 0 Å².